The lowest BCUT2D eigenvalue weighted by atomic mass is 9.32. The Morgan fingerprint density at radius 2 is 1.08 bits per heavy atom. The Balaban J connectivity index is 5.52. The maximum absolute atomic E-state index is 6.48. The van der Waals surface area contributed by atoms with E-state index in [-0.39, 0.29) is 32.7 Å². The maximum atomic E-state index is 6.48. The van der Waals surface area contributed by atoms with Gasteiger partial charge in [-0.3, -0.25) is 0 Å². The first-order chi connectivity index (χ1) is 10.6. The fraction of sp³-hybridized carbons (Fsp3) is 1.00. The fourth-order valence-corrected chi connectivity index (χ4v) is 3.74. The van der Waals surface area contributed by atoms with E-state index in [2.05, 4.69) is 111 Å². The van der Waals surface area contributed by atoms with Crippen LogP contribution in [0.1, 0.15) is 110 Å². The molecular weight excluding hydrogens is 303 g/mol. The highest BCUT2D eigenvalue weighted by Gasteiger charge is 2.49. The number of rotatable bonds is 8. The van der Waals surface area contributed by atoms with Gasteiger partial charge >= 0.3 is 0 Å². The molecule has 0 aromatic heterocycles. The van der Waals surface area contributed by atoms with Gasteiger partial charge in [-0.15, -0.1) is 0 Å². The lowest BCUT2D eigenvalue weighted by molar-refractivity contribution is -0.176. The standard InChI is InChI=1S/C23H48BO/c1-17(2)21(10,11)24-22(12,13)19(6,7)16-20(8,9)23(14,15)25-18(3,4)5/h17H,16H2,1-15H3. The molecule has 0 fully saturated rings. The van der Waals surface area contributed by atoms with E-state index < -0.39 is 0 Å². The van der Waals surface area contributed by atoms with Crippen molar-refractivity contribution in [2.45, 2.75) is 132 Å². The van der Waals surface area contributed by atoms with Gasteiger partial charge in [0.05, 0.1) is 11.2 Å². The van der Waals surface area contributed by atoms with Crippen molar-refractivity contribution in [3.8, 4) is 0 Å². The predicted octanol–water partition coefficient (Wildman–Crippen LogP) is 7.78. The lowest BCUT2D eigenvalue weighted by Gasteiger charge is -2.54. The molecule has 0 aromatic rings. The summed E-state index contributed by atoms with van der Waals surface area (Å²) in [6.45, 7) is 34.7. The SMILES string of the molecule is CC(C)C(C)(C)[B]C(C)(C)C(C)(C)CC(C)(C)C(C)(C)OC(C)(C)C. The molecule has 0 unspecified atom stereocenters. The minimum absolute atomic E-state index is 0.0663. The maximum Gasteiger partial charge on any atom is 0.125 e. The second-order valence-corrected chi connectivity index (χ2v) is 12.5. The van der Waals surface area contributed by atoms with E-state index in [1.54, 1.807) is 0 Å². The van der Waals surface area contributed by atoms with Gasteiger partial charge in [0.1, 0.15) is 7.28 Å². The minimum Gasteiger partial charge on any atom is -0.369 e. The van der Waals surface area contributed by atoms with Crippen molar-refractivity contribution in [2.75, 3.05) is 0 Å². The zero-order chi connectivity index (χ0) is 20.7. The summed E-state index contributed by atoms with van der Waals surface area (Å²) in [5, 5.41) is 0.359. The molecule has 1 radical (unpaired) electrons. The first-order valence-corrected chi connectivity index (χ1v) is 10.1. The molecule has 149 valence electrons. The largest absolute Gasteiger partial charge is 0.369 e. The number of hydrogen-bond acceptors (Lipinski definition) is 1. The lowest BCUT2D eigenvalue weighted by Crippen LogP contribution is -2.50. The van der Waals surface area contributed by atoms with Crippen LogP contribution in [0.15, 0.2) is 0 Å². The first-order valence-electron chi connectivity index (χ1n) is 10.1. The summed E-state index contributed by atoms with van der Waals surface area (Å²) in [6, 6.07) is 0. The summed E-state index contributed by atoms with van der Waals surface area (Å²) in [5.41, 5.74) is -0.0869. The highest BCUT2D eigenvalue weighted by atomic mass is 16.5. The zero-order valence-corrected chi connectivity index (χ0v) is 20.3. The van der Waals surface area contributed by atoms with E-state index in [4.69, 9.17) is 4.74 Å². The van der Waals surface area contributed by atoms with Crippen LogP contribution in [0.3, 0.4) is 0 Å². The molecule has 0 rings (SSSR count). The van der Waals surface area contributed by atoms with Crippen LogP contribution in [-0.4, -0.2) is 18.5 Å². The third-order valence-corrected chi connectivity index (χ3v) is 7.04. The van der Waals surface area contributed by atoms with Crippen LogP contribution in [0.25, 0.3) is 0 Å². The first kappa shape index (κ1) is 25.0. The molecule has 0 aliphatic carbocycles. The second kappa shape index (κ2) is 7.21. The molecule has 0 amide bonds. The molecule has 0 aromatic carbocycles. The van der Waals surface area contributed by atoms with E-state index in [1.165, 1.54) is 0 Å². The van der Waals surface area contributed by atoms with Crippen molar-refractivity contribution >= 4 is 7.28 Å². The van der Waals surface area contributed by atoms with Crippen LogP contribution in [0.4, 0.5) is 0 Å². The molecular formula is C23H48BO. The van der Waals surface area contributed by atoms with E-state index in [1.807, 2.05) is 0 Å². The Bertz CT molecular complexity index is 433. The minimum atomic E-state index is -0.188. The van der Waals surface area contributed by atoms with Gasteiger partial charge in [0.2, 0.25) is 0 Å². The quantitative estimate of drug-likeness (QED) is 0.406. The highest BCUT2D eigenvalue weighted by Crippen LogP contribution is 2.57. The molecule has 0 aliphatic heterocycles. The van der Waals surface area contributed by atoms with Gasteiger partial charge < -0.3 is 4.74 Å². The third kappa shape index (κ3) is 6.60. The van der Waals surface area contributed by atoms with Crippen molar-refractivity contribution in [2.24, 2.45) is 16.7 Å². The van der Waals surface area contributed by atoms with Gasteiger partial charge in [0, 0.05) is 0 Å². The molecule has 0 N–H and O–H groups in total. The van der Waals surface area contributed by atoms with Crippen molar-refractivity contribution in [3.05, 3.63) is 0 Å². The highest BCUT2D eigenvalue weighted by molar-refractivity contribution is 6.44. The van der Waals surface area contributed by atoms with Crippen molar-refractivity contribution < 1.29 is 4.74 Å². The topological polar surface area (TPSA) is 9.23 Å². The molecule has 0 aliphatic rings. The monoisotopic (exact) mass is 351 g/mol. The predicted molar refractivity (Wildman–Crippen MR) is 116 cm³/mol. The molecule has 0 atom stereocenters. The third-order valence-electron chi connectivity index (χ3n) is 7.04. The Morgan fingerprint density at radius 1 is 0.680 bits per heavy atom. The molecule has 0 bridgehead atoms. The molecule has 2 heteroatoms. The van der Waals surface area contributed by atoms with Gasteiger partial charge in [0.25, 0.3) is 0 Å². The van der Waals surface area contributed by atoms with E-state index >= 15 is 0 Å². The average molecular weight is 351 g/mol. The Hall–Kier alpha value is 0.0249. The van der Waals surface area contributed by atoms with Gasteiger partial charge in [-0.05, 0) is 57.8 Å². The van der Waals surface area contributed by atoms with E-state index in [0.29, 0.717) is 5.92 Å². The molecule has 0 spiro atoms. The van der Waals surface area contributed by atoms with Gasteiger partial charge in [-0.2, -0.15) is 0 Å². The summed E-state index contributed by atoms with van der Waals surface area (Å²) in [4.78, 5) is 0. The summed E-state index contributed by atoms with van der Waals surface area (Å²) < 4.78 is 6.48. The fourth-order valence-electron chi connectivity index (χ4n) is 3.74. The van der Waals surface area contributed by atoms with Crippen LogP contribution in [-0.2, 0) is 4.74 Å². The van der Waals surface area contributed by atoms with Crippen LogP contribution in [0, 0.1) is 16.7 Å². The van der Waals surface area contributed by atoms with E-state index in [9.17, 15) is 0 Å². The Labute approximate surface area is 161 Å². The second-order valence-electron chi connectivity index (χ2n) is 12.5. The Morgan fingerprint density at radius 3 is 1.40 bits per heavy atom. The van der Waals surface area contributed by atoms with Crippen LogP contribution >= 0.6 is 0 Å². The van der Waals surface area contributed by atoms with Gasteiger partial charge in [0.15, 0.2) is 0 Å². The van der Waals surface area contributed by atoms with Crippen molar-refractivity contribution in [3.63, 3.8) is 0 Å². The van der Waals surface area contributed by atoms with Crippen molar-refractivity contribution in [1.82, 2.24) is 0 Å². The molecule has 0 saturated carbocycles. The summed E-state index contributed by atoms with van der Waals surface area (Å²) in [7, 11) is 2.60. The van der Waals surface area contributed by atoms with Gasteiger partial charge in [-0.1, -0.05) is 79.9 Å². The summed E-state index contributed by atoms with van der Waals surface area (Å²) >= 11 is 0. The number of ether oxygens (including phenoxy) is 1. The summed E-state index contributed by atoms with van der Waals surface area (Å²) in [6.07, 6.45) is 1.11. The molecule has 25 heavy (non-hydrogen) atoms. The summed E-state index contributed by atoms with van der Waals surface area (Å²) in [5.74, 6) is 0.635. The molecule has 1 nitrogen and oxygen atoms in total. The van der Waals surface area contributed by atoms with Crippen LogP contribution in [0.5, 0.6) is 0 Å². The average Bonchev–Trinajstić information content (AvgIpc) is 2.21. The van der Waals surface area contributed by atoms with Crippen LogP contribution < -0.4 is 0 Å². The zero-order valence-electron chi connectivity index (χ0n) is 20.3. The normalized spacial score (nSPS) is 15.7. The van der Waals surface area contributed by atoms with Gasteiger partial charge in [-0.25, -0.2) is 0 Å². The van der Waals surface area contributed by atoms with Crippen LogP contribution in [0.2, 0.25) is 10.6 Å². The van der Waals surface area contributed by atoms with E-state index in [0.717, 1.165) is 6.42 Å². The van der Waals surface area contributed by atoms with Crippen molar-refractivity contribution in [1.29, 1.82) is 0 Å². The molecule has 0 heterocycles. The molecule has 0 saturated heterocycles. The Kier molecular flexibility index (Phi) is 7.22. The number of hydrogen-bond donors (Lipinski definition) is 0. The smallest absolute Gasteiger partial charge is 0.125 e.